The van der Waals surface area contributed by atoms with E-state index in [4.69, 9.17) is 4.43 Å². The molecule has 0 fully saturated rings. The molecule has 1 atom stereocenters. The van der Waals surface area contributed by atoms with Gasteiger partial charge in [-0.3, -0.25) is 0 Å². The fourth-order valence-corrected chi connectivity index (χ4v) is 3.64. The van der Waals surface area contributed by atoms with E-state index in [2.05, 4.69) is 0 Å². The summed E-state index contributed by atoms with van der Waals surface area (Å²) < 4.78 is 5.86. The van der Waals surface area contributed by atoms with E-state index in [1.807, 2.05) is 47.7 Å². The van der Waals surface area contributed by atoms with Crippen molar-refractivity contribution in [1.82, 2.24) is 0 Å². The van der Waals surface area contributed by atoms with Gasteiger partial charge < -0.3 is 9.53 Å². The molecule has 0 spiro atoms. The van der Waals surface area contributed by atoms with E-state index in [0.717, 1.165) is 0 Å². The highest BCUT2D eigenvalue weighted by molar-refractivity contribution is 6.48. The van der Waals surface area contributed by atoms with Gasteiger partial charge in [0.2, 0.25) is 0 Å². The summed E-state index contributed by atoms with van der Waals surface area (Å²) in [7, 11) is -1.39. The Morgan fingerprint density at radius 1 is 1.27 bits per heavy atom. The Balaban J connectivity index is 5.39. The monoisotopic (exact) mass is 232 g/mol. The summed E-state index contributed by atoms with van der Waals surface area (Å²) in [6.45, 7) is 13.6. The van der Waals surface area contributed by atoms with E-state index in [0.29, 0.717) is 0 Å². The minimum absolute atomic E-state index is 0.0371. The molecular weight excluding hydrogens is 208 g/mol. The number of hydrogen-bond donors (Lipinski definition) is 1. The lowest BCUT2D eigenvalue weighted by Gasteiger charge is -2.45. The molecule has 1 N–H and O–H groups in total. The predicted molar refractivity (Wildman–Crippen MR) is 64.6 cm³/mol. The normalized spacial score (nSPS) is 16.9. The van der Waals surface area contributed by atoms with Crippen LogP contribution in [0.2, 0.25) is 13.1 Å². The number of carboxylic acid groups (broad SMARTS) is 1. The first-order valence-electron chi connectivity index (χ1n) is 5.47. The van der Waals surface area contributed by atoms with Crippen molar-refractivity contribution in [3.05, 3.63) is 0 Å². The lowest BCUT2D eigenvalue weighted by Crippen LogP contribution is -2.58. The van der Waals surface area contributed by atoms with Gasteiger partial charge in [-0.25, -0.2) is 4.79 Å². The molecule has 0 aromatic heterocycles. The topological polar surface area (TPSA) is 46.5 Å². The Hall–Kier alpha value is -0.353. The Morgan fingerprint density at radius 2 is 1.67 bits per heavy atom. The van der Waals surface area contributed by atoms with Gasteiger partial charge >= 0.3 is 5.97 Å². The maximum Gasteiger partial charge on any atom is 0.335 e. The van der Waals surface area contributed by atoms with Crippen LogP contribution in [0.4, 0.5) is 0 Å². The highest BCUT2D eigenvalue weighted by Crippen LogP contribution is 2.40. The minimum Gasteiger partial charge on any atom is -0.479 e. The Labute approximate surface area is 94.6 Å². The van der Waals surface area contributed by atoms with Crippen LogP contribution >= 0.6 is 0 Å². The number of aliphatic carboxylic acids is 1. The molecule has 0 aromatic carbocycles. The fraction of sp³-hybridized carbons (Fsp3) is 0.909. The third kappa shape index (κ3) is 2.81. The van der Waals surface area contributed by atoms with Gasteiger partial charge in [-0.2, -0.15) is 0 Å². The summed E-state index contributed by atoms with van der Waals surface area (Å²) in [5, 5.41) is 9.48. The van der Waals surface area contributed by atoms with E-state index in [1.54, 1.807) is 0 Å². The zero-order valence-electron chi connectivity index (χ0n) is 10.9. The van der Waals surface area contributed by atoms with Gasteiger partial charge in [-0.1, -0.05) is 34.6 Å². The van der Waals surface area contributed by atoms with Gasteiger partial charge in [0, 0.05) is 5.41 Å². The second kappa shape index (κ2) is 4.66. The summed E-state index contributed by atoms with van der Waals surface area (Å²) in [6.07, 6.45) is 0. The molecule has 0 amide bonds. The van der Waals surface area contributed by atoms with Crippen molar-refractivity contribution in [2.24, 2.45) is 11.3 Å². The third-order valence-corrected chi connectivity index (χ3v) is 3.51. The van der Waals surface area contributed by atoms with Crippen LogP contribution in [0.25, 0.3) is 0 Å². The summed E-state index contributed by atoms with van der Waals surface area (Å²) in [5.41, 5.74) is -1.46. The zero-order chi connectivity index (χ0) is 12.4. The molecule has 0 aromatic rings. The molecule has 0 aliphatic carbocycles. The molecule has 0 saturated heterocycles. The van der Waals surface area contributed by atoms with Crippen molar-refractivity contribution in [3.63, 3.8) is 0 Å². The molecule has 3 nitrogen and oxygen atoms in total. The van der Waals surface area contributed by atoms with Crippen molar-refractivity contribution < 1.29 is 14.3 Å². The number of carbonyl (C=O) groups is 1. The third-order valence-electron chi connectivity index (χ3n) is 2.67. The van der Waals surface area contributed by atoms with Gasteiger partial charge in [0.15, 0.2) is 14.6 Å². The lowest BCUT2D eigenvalue weighted by atomic mass is 9.70. The van der Waals surface area contributed by atoms with Crippen LogP contribution in [-0.2, 0) is 9.22 Å². The second-order valence-corrected chi connectivity index (χ2v) is 7.95. The number of rotatable bonds is 4. The molecule has 15 heavy (non-hydrogen) atoms. The minimum atomic E-state index is -1.39. The Morgan fingerprint density at radius 3 is 1.73 bits per heavy atom. The van der Waals surface area contributed by atoms with E-state index in [9.17, 15) is 9.90 Å². The van der Waals surface area contributed by atoms with Crippen LogP contribution in [0.15, 0.2) is 0 Å². The predicted octanol–water partition coefficient (Wildman–Crippen LogP) is 2.51. The summed E-state index contributed by atoms with van der Waals surface area (Å²) in [6, 6.07) is 0. The smallest absolute Gasteiger partial charge is 0.335 e. The van der Waals surface area contributed by atoms with Gasteiger partial charge in [-0.05, 0) is 19.0 Å². The van der Waals surface area contributed by atoms with Crippen LogP contribution in [0, 0.1) is 11.3 Å². The maximum absolute atomic E-state index is 11.5. The van der Waals surface area contributed by atoms with Crippen molar-refractivity contribution in [1.29, 1.82) is 0 Å². The van der Waals surface area contributed by atoms with Crippen LogP contribution in [-0.4, -0.2) is 25.7 Å². The first-order chi connectivity index (χ1) is 6.55. The van der Waals surface area contributed by atoms with E-state index in [1.165, 1.54) is 0 Å². The number of hydrogen-bond acceptors (Lipinski definition) is 2. The number of carboxylic acids is 1. The maximum atomic E-state index is 11.5. The summed E-state index contributed by atoms with van der Waals surface area (Å²) in [5.74, 6) is -0.879. The molecule has 0 rings (SSSR count). The molecular formula is C11H24O3Si. The van der Waals surface area contributed by atoms with Crippen molar-refractivity contribution >= 4 is 15.0 Å². The van der Waals surface area contributed by atoms with Crippen LogP contribution in [0.1, 0.15) is 34.6 Å². The lowest BCUT2D eigenvalue weighted by molar-refractivity contribution is -0.174. The highest BCUT2D eigenvalue weighted by atomic mass is 28.3. The fourth-order valence-electron chi connectivity index (χ4n) is 2.17. The molecule has 0 aliphatic heterocycles. The summed E-state index contributed by atoms with van der Waals surface area (Å²) in [4.78, 5) is 11.5. The average molecular weight is 232 g/mol. The van der Waals surface area contributed by atoms with Gasteiger partial charge in [-0.15, -0.1) is 0 Å². The first-order valence-corrected chi connectivity index (χ1v) is 8.25. The largest absolute Gasteiger partial charge is 0.479 e. The molecule has 0 heterocycles. The van der Waals surface area contributed by atoms with E-state index >= 15 is 0 Å². The van der Waals surface area contributed by atoms with Crippen molar-refractivity contribution in [2.75, 3.05) is 0 Å². The van der Waals surface area contributed by atoms with E-state index < -0.39 is 26.0 Å². The Bertz CT molecular complexity index is 230. The van der Waals surface area contributed by atoms with Gasteiger partial charge in [0.05, 0.1) is 0 Å². The highest BCUT2D eigenvalue weighted by Gasteiger charge is 2.52. The summed E-state index contributed by atoms with van der Waals surface area (Å²) >= 11 is 0. The second-order valence-electron chi connectivity index (χ2n) is 5.61. The zero-order valence-corrected chi connectivity index (χ0v) is 12.1. The van der Waals surface area contributed by atoms with Crippen LogP contribution in [0.5, 0.6) is 0 Å². The standard InChI is InChI=1S/C11H24O3Si/c1-8(2)11(9(12)13,10(3,4)5)14-15(6)7/h8,15H,1-7H3,(H,12,13). The average Bonchev–Trinajstić information content (AvgIpc) is 1.95. The molecule has 0 radical (unpaired) electrons. The Kier molecular flexibility index (Phi) is 4.55. The first kappa shape index (κ1) is 14.6. The molecule has 0 bridgehead atoms. The molecule has 90 valence electrons. The molecule has 0 aliphatic rings. The van der Waals surface area contributed by atoms with Gasteiger partial charge in [0.25, 0.3) is 0 Å². The SMILES string of the molecule is CC(C)C(O[SiH](C)C)(C(=O)O)C(C)(C)C. The molecule has 0 saturated carbocycles. The van der Waals surface area contributed by atoms with Crippen molar-refractivity contribution in [2.45, 2.75) is 53.3 Å². The molecule has 1 unspecified atom stereocenters. The van der Waals surface area contributed by atoms with Crippen LogP contribution < -0.4 is 0 Å². The van der Waals surface area contributed by atoms with Crippen LogP contribution in [0.3, 0.4) is 0 Å². The molecule has 4 heteroatoms. The quantitative estimate of drug-likeness (QED) is 0.758. The van der Waals surface area contributed by atoms with E-state index in [-0.39, 0.29) is 5.92 Å². The van der Waals surface area contributed by atoms with Crippen molar-refractivity contribution in [3.8, 4) is 0 Å². The van der Waals surface area contributed by atoms with Gasteiger partial charge in [0.1, 0.15) is 0 Å².